The highest BCUT2D eigenvalue weighted by Crippen LogP contribution is 2.20. The van der Waals surface area contributed by atoms with Gasteiger partial charge in [-0.15, -0.1) is 24.0 Å². The Kier molecular flexibility index (Phi) is 11.5. The molecule has 1 saturated heterocycles. The average Bonchev–Trinajstić information content (AvgIpc) is 3.10. The number of hydrogen-bond acceptors (Lipinski definition) is 5. The summed E-state index contributed by atoms with van der Waals surface area (Å²) in [6.07, 6.45) is 3.24. The van der Waals surface area contributed by atoms with E-state index in [1.54, 1.807) is 7.11 Å². The van der Waals surface area contributed by atoms with E-state index in [9.17, 15) is 0 Å². The number of nitrogens with zero attached hydrogens (tertiary/aromatic N) is 3. The lowest BCUT2D eigenvalue weighted by molar-refractivity contribution is 0.166. The second kappa shape index (κ2) is 13.8. The first-order valence-electron chi connectivity index (χ1n) is 11.8. The fourth-order valence-electron chi connectivity index (χ4n) is 4.03. The summed E-state index contributed by atoms with van der Waals surface area (Å²) in [5, 5.41) is 6.85. The lowest BCUT2D eigenvalue weighted by Crippen LogP contribution is -2.39. The lowest BCUT2D eigenvalue weighted by Gasteiger charge is -2.30. The van der Waals surface area contributed by atoms with Gasteiger partial charge in [0, 0.05) is 19.6 Å². The molecule has 8 heteroatoms. The molecule has 7 nitrogen and oxygen atoms in total. The maximum atomic E-state index is 5.74. The zero-order valence-electron chi connectivity index (χ0n) is 20.7. The molecule has 1 fully saturated rings. The molecule has 2 aromatic rings. The molecule has 2 N–H and O–H groups in total. The molecule has 0 bridgehead atoms. The highest BCUT2D eigenvalue weighted by molar-refractivity contribution is 14.0. The van der Waals surface area contributed by atoms with Crippen LogP contribution in [0.3, 0.4) is 0 Å². The average molecular weight is 570 g/mol. The number of likely N-dealkylation sites (tertiary alicyclic amines) is 1. The topological polar surface area (TPSA) is 74.9 Å². The molecule has 1 aliphatic rings. The smallest absolute Gasteiger partial charge is 0.208 e. The Hall–Kier alpha value is -1.81. The summed E-state index contributed by atoms with van der Waals surface area (Å²) < 4.78 is 11.2. The number of aliphatic imine (C=N–C) groups is 1. The van der Waals surface area contributed by atoms with Gasteiger partial charge in [-0.2, -0.15) is 0 Å². The zero-order valence-corrected chi connectivity index (χ0v) is 23.1. The van der Waals surface area contributed by atoms with Crippen molar-refractivity contribution in [1.82, 2.24) is 20.5 Å². The van der Waals surface area contributed by atoms with Crippen molar-refractivity contribution >= 4 is 29.9 Å². The third-order valence-corrected chi connectivity index (χ3v) is 6.17. The number of methoxy groups -OCH3 is 1. The highest BCUT2D eigenvalue weighted by Gasteiger charge is 2.21. The Morgan fingerprint density at radius 1 is 1.21 bits per heavy atom. The van der Waals surface area contributed by atoms with E-state index in [0.717, 1.165) is 93.1 Å². The van der Waals surface area contributed by atoms with Gasteiger partial charge in [0.25, 0.3) is 0 Å². The van der Waals surface area contributed by atoms with E-state index in [0.29, 0.717) is 5.92 Å². The van der Waals surface area contributed by atoms with Gasteiger partial charge in [-0.3, -0.25) is 9.89 Å². The van der Waals surface area contributed by atoms with E-state index in [2.05, 4.69) is 52.6 Å². The third kappa shape index (κ3) is 8.48. The Labute approximate surface area is 215 Å². The minimum atomic E-state index is 0. The third-order valence-electron chi connectivity index (χ3n) is 6.17. The molecule has 3 rings (SSSR count). The summed E-state index contributed by atoms with van der Waals surface area (Å²) in [6, 6.07) is 6.40. The number of benzene rings is 1. The molecule has 0 spiro atoms. The van der Waals surface area contributed by atoms with Gasteiger partial charge in [-0.1, -0.05) is 12.1 Å². The number of aryl methyl sites for hydroxylation is 3. The van der Waals surface area contributed by atoms with E-state index in [4.69, 9.17) is 14.1 Å². The van der Waals surface area contributed by atoms with Crippen LogP contribution in [0, 0.1) is 26.7 Å². The van der Waals surface area contributed by atoms with E-state index in [1.807, 2.05) is 13.8 Å². The zero-order chi connectivity index (χ0) is 22.9. The normalized spacial score (nSPS) is 15.2. The molecule has 2 heterocycles. The Morgan fingerprint density at radius 2 is 1.97 bits per heavy atom. The monoisotopic (exact) mass is 569 g/mol. The first-order valence-corrected chi connectivity index (χ1v) is 11.8. The summed E-state index contributed by atoms with van der Waals surface area (Å²) in [4.78, 5) is 11.8. The van der Waals surface area contributed by atoms with Crippen LogP contribution < -0.4 is 15.4 Å². The molecule has 0 amide bonds. The fourth-order valence-corrected chi connectivity index (χ4v) is 4.03. The minimum absolute atomic E-state index is 0. The molecule has 1 aromatic heterocycles. The van der Waals surface area contributed by atoms with Gasteiger partial charge in [-0.05, 0) is 83.2 Å². The van der Waals surface area contributed by atoms with E-state index in [-0.39, 0.29) is 24.0 Å². The standard InChI is InChI=1S/C25H39N5O2.HI/c1-6-26-25(27-12-9-21-8-7-18(2)23(15-21)31-5)28-16-22-10-13-30(14-11-22)17-24-29-19(3)20(4)32-24;/h7-8,15,22H,6,9-14,16-17H2,1-5H3,(H2,26,27,28);1H. The summed E-state index contributed by atoms with van der Waals surface area (Å²) in [6.45, 7) is 13.6. The van der Waals surface area contributed by atoms with E-state index >= 15 is 0 Å². The molecule has 1 aromatic carbocycles. The van der Waals surface area contributed by atoms with Crippen molar-refractivity contribution in [2.45, 2.75) is 53.5 Å². The van der Waals surface area contributed by atoms with Crippen LogP contribution in [0.25, 0.3) is 0 Å². The summed E-state index contributed by atoms with van der Waals surface area (Å²) in [5.41, 5.74) is 3.42. The molecular weight excluding hydrogens is 529 g/mol. The van der Waals surface area contributed by atoms with Crippen molar-refractivity contribution in [3.8, 4) is 5.75 Å². The summed E-state index contributed by atoms with van der Waals surface area (Å²) >= 11 is 0. The van der Waals surface area contributed by atoms with Gasteiger partial charge >= 0.3 is 0 Å². The number of ether oxygens (including phenoxy) is 1. The molecule has 1 aliphatic heterocycles. The predicted octanol–water partition coefficient (Wildman–Crippen LogP) is 4.24. The van der Waals surface area contributed by atoms with Crippen LogP contribution in [0.15, 0.2) is 27.6 Å². The SMILES string of the molecule is CCNC(=NCC1CCN(Cc2nc(C)c(C)o2)CC1)NCCc1ccc(C)c(OC)c1.I. The van der Waals surface area contributed by atoms with Crippen LogP contribution in [-0.4, -0.2) is 55.7 Å². The number of oxazole rings is 1. The largest absolute Gasteiger partial charge is 0.496 e. The van der Waals surface area contributed by atoms with Crippen LogP contribution in [-0.2, 0) is 13.0 Å². The number of hydrogen-bond donors (Lipinski definition) is 2. The fraction of sp³-hybridized carbons (Fsp3) is 0.600. The maximum absolute atomic E-state index is 5.74. The maximum Gasteiger partial charge on any atom is 0.208 e. The van der Waals surface area contributed by atoms with Crippen molar-refractivity contribution in [1.29, 1.82) is 0 Å². The second-order valence-electron chi connectivity index (χ2n) is 8.67. The highest BCUT2D eigenvalue weighted by atomic mass is 127. The molecule has 0 atom stereocenters. The molecule has 0 radical (unpaired) electrons. The Balaban J connectivity index is 0.00000385. The minimum Gasteiger partial charge on any atom is -0.496 e. The molecule has 0 aliphatic carbocycles. The van der Waals surface area contributed by atoms with Crippen molar-refractivity contribution in [3.05, 3.63) is 46.7 Å². The van der Waals surface area contributed by atoms with Crippen LogP contribution in [0.2, 0.25) is 0 Å². The van der Waals surface area contributed by atoms with Crippen molar-refractivity contribution < 1.29 is 9.15 Å². The molecule has 0 unspecified atom stereocenters. The van der Waals surface area contributed by atoms with Crippen molar-refractivity contribution in [2.24, 2.45) is 10.9 Å². The number of rotatable bonds is 9. The van der Waals surface area contributed by atoms with Crippen molar-refractivity contribution in [3.63, 3.8) is 0 Å². The first-order chi connectivity index (χ1) is 15.5. The summed E-state index contributed by atoms with van der Waals surface area (Å²) in [5.74, 6) is 4.23. The van der Waals surface area contributed by atoms with Gasteiger partial charge < -0.3 is 19.8 Å². The van der Waals surface area contributed by atoms with Crippen molar-refractivity contribution in [2.75, 3.05) is 39.8 Å². The second-order valence-corrected chi connectivity index (χ2v) is 8.67. The van der Waals surface area contributed by atoms with E-state index < -0.39 is 0 Å². The quantitative estimate of drug-likeness (QED) is 0.268. The van der Waals surface area contributed by atoms with Gasteiger partial charge in [0.15, 0.2) is 5.96 Å². The number of nitrogens with one attached hydrogen (secondary N) is 2. The van der Waals surface area contributed by atoms with Crippen LogP contribution in [0.1, 0.15) is 48.2 Å². The molecule has 0 saturated carbocycles. The molecule has 184 valence electrons. The molecule has 33 heavy (non-hydrogen) atoms. The molecular formula is C25H40IN5O2. The van der Waals surface area contributed by atoms with Crippen LogP contribution in [0.5, 0.6) is 5.75 Å². The van der Waals surface area contributed by atoms with Gasteiger partial charge in [-0.25, -0.2) is 4.98 Å². The lowest BCUT2D eigenvalue weighted by atomic mass is 9.97. The summed E-state index contributed by atoms with van der Waals surface area (Å²) in [7, 11) is 1.72. The predicted molar refractivity (Wildman–Crippen MR) is 145 cm³/mol. The van der Waals surface area contributed by atoms with Gasteiger partial charge in [0.1, 0.15) is 11.5 Å². The van der Waals surface area contributed by atoms with Gasteiger partial charge in [0.2, 0.25) is 5.89 Å². The Bertz CT molecular complexity index is 871. The van der Waals surface area contributed by atoms with E-state index in [1.165, 1.54) is 5.56 Å². The number of piperidine rings is 1. The van der Waals surface area contributed by atoms with Gasteiger partial charge in [0.05, 0.1) is 19.3 Å². The number of guanidine groups is 1. The van der Waals surface area contributed by atoms with Crippen LogP contribution >= 0.6 is 24.0 Å². The number of aromatic nitrogens is 1. The Morgan fingerprint density at radius 3 is 2.61 bits per heavy atom. The number of halogens is 1. The first kappa shape index (κ1) is 27.4. The van der Waals surface area contributed by atoms with Crippen LogP contribution in [0.4, 0.5) is 0 Å².